The van der Waals surface area contributed by atoms with Gasteiger partial charge >= 0.3 is 0 Å². The van der Waals surface area contributed by atoms with E-state index in [0.29, 0.717) is 5.56 Å². The molecule has 0 aromatic heterocycles. The fourth-order valence-corrected chi connectivity index (χ4v) is 1.60. The van der Waals surface area contributed by atoms with Crippen molar-refractivity contribution in [3.8, 4) is 0 Å². The predicted molar refractivity (Wildman–Crippen MR) is 51.7 cm³/mol. The molecule has 0 unspecified atom stereocenters. The summed E-state index contributed by atoms with van der Waals surface area (Å²) in [6.45, 7) is 1.79. The molecule has 1 aromatic carbocycles. The first-order valence-electron chi connectivity index (χ1n) is 3.40. The minimum atomic E-state index is -3.92. The van der Waals surface area contributed by atoms with Crippen LogP contribution in [0.15, 0.2) is 18.2 Å². The second kappa shape index (κ2) is 6.67. The van der Waals surface area contributed by atoms with Gasteiger partial charge in [-0.15, -0.1) is 5.56 Å². The first-order chi connectivity index (χ1) is 5.49. The largest absolute Gasteiger partial charge is 0.358 e. The van der Waals surface area contributed by atoms with Crippen molar-refractivity contribution in [2.24, 2.45) is 0 Å². The third-order valence-corrected chi connectivity index (χ3v) is 2.21. The Bertz CT molecular complexity index is 373. The third kappa shape index (κ3) is 5.86. The monoisotopic (exact) mass is 289 g/mol. The van der Waals surface area contributed by atoms with Gasteiger partial charge in [-0.05, 0) is 0 Å². The fourth-order valence-electron chi connectivity index (χ4n) is 0.895. The zero-order valence-electron chi connectivity index (χ0n) is 8.19. The summed E-state index contributed by atoms with van der Waals surface area (Å²) in [5.41, 5.74) is 1.42. The first kappa shape index (κ1) is 16.7. The Morgan fingerprint density at radius 2 is 2.07 bits per heavy atom. The molecule has 0 aliphatic carbocycles. The average Bonchev–Trinajstić information content (AvgIpc) is 1.91. The first-order valence-corrected chi connectivity index (χ1v) is 5.01. The van der Waals surface area contributed by atoms with Crippen molar-refractivity contribution >= 4 is 10.1 Å². The van der Waals surface area contributed by atoms with E-state index in [1.165, 1.54) is 0 Å². The van der Waals surface area contributed by atoms with E-state index in [4.69, 9.17) is 4.55 Å². The minimum absolute atomic E-state index is 0. The molecule has 0 aliphatic heterocycles. The molecule has 0 atom stereocenters. The van der Waals surface area contributed by atoms with Crippen molar-refractivity contribution < 1.29 is 45.7 Å². The summed E-state index contributed by atoms with van der Waals surface area (Å²) >= 11 is 0. The van der Waals surface area contributed by atoms with Crippen molar-refractivity contribution in [3.63, 3.8) is 0 Å². The van der Waals surface area contributed by atoms with Gasteiger partial charge in [-0.1, -0.05) is 6.92 Å². The van der Waals surface area contributed by atoms with Gasteiger partial charge in [0.15, 0.2) is 0 Å². The molecular formula is C9H12O3SY-2. The maximum Gasteiger partial charge on any atom is 0.258 e. The zero-order chi connectivity index (χ0) is 9.19. The molecule has 1 radical (unpaired) electrons. The van der Waals surface area contributed by atoms with Gasteiger partial charge in [0.05, 0.1) is 5.75 Å². The summed E-state index contributed by atoms with van der Waals surface area (Å²) in [6, 6.07) is 7.76. The fraction of sp³-hybridized carbons (Fsp3) is 0.222. The molecule has 0 spiro atoms. The summed E-state index contributed by atoms with van der Waals surface area (Å²) in [5, 5.41) is 0. The maximum absolute atomic E-state index is 10.5. The van der Waals surface area contributed by atoms with Crippen molar-refractivity contribution in [2.75, 3.05) is 0 Å². The summed E-state index contributed by atoms with van der Waals surface area (Å²) in [4.78, 5) is 0. The standard InChI is InChI=1S/C8H9O3S.CH3.Y/c1-7-4-2-3-5-8(7)6-12(9,10)11;;/h2,4-5H,6H2,1H3,(H,9,10,11);1H3;/q2*-1;. The molecule has 0 saturated carbocycles. The molecule has 1 aromatic rings. The van der Waals surface area contributed by atoms with E-state index in [1.54, 1.807) is 25.1 Å². The summed E-state index contributed by atoms with van der Waals surface area (Å²) in [6.07, 6.45) is 0. The summed E-state index contributed by atoms with van der Waals surface area (Å²) in [7, 11) is -3.92. The van der Waals surface area contributed by atoms with Gasteiger partial charge < -0.3 is 7.43 Å². The van der Waals surface area contributed by atoms with Gasteiger partial charge in [0.25, 0.3) is 10.1 Å². The van der Waals surface area contributed by atoms with Gasteiger partial charge in [-0.25, -0.2) is 8.42 Å². The van der Waals surface area contributed by atoms with Crippen molar-refractivity contribution in [1.29, 1.82) is 0 Å². The SMILES string of the molecule is Cc1cc[c-]cc1CS(=O)(=O)O.[CH3-].[Y]. The normalized spacial score (nSPS) is 9.86. The van der Waals surface area contributed by atoms with Crippen LogP contribution in [0.25, 0.3) is 0 Å². The smallest absolute Gasteiger partial charge is 0.258 e. The van der Waals surface area contributed by atoms with E-state index in [2.05, 4.69) is 6.07 Å². The molecule has 1 rings (SSSR count). The third-order valence-electron chi connectivity index (χ3n) is 1.53. The van der Waals surface area contributed by atoms with Crippen LogP contribution < -0.4 is 0 Å². The van der Waals surface area contributed by atoms with Gasteiger partial charge in [0.1, 0.15) is 0 Å². The molecule has 0 fully saturated rings. The predicted octanol–water partition coefficient (Wildman–Crippen LogP) is 1.63. The van der Waals surface area contributed by atoms with Crippen LogP contribution in [-0.2, 0) is 48.6 Å². The quantitative estimate of drug-likeness (QED) is 0.665. The Morgan fingerprint density at radius 3 is 2.50 bits per heavy atom. The average molecular weight is 289 g/mol. The number of hydrogen-bond donors (Lipinski definition) is 1. The number of aryl methyl sites for hydroxylation is 1. The Morgan fingerprint density at radius 1 is 1.50 bits per heavy atom. The number of benzene rings is 1. The van der Waals surface area contributed by atoms with Crippen molar-refractivity contribution in [3.05, 3.63) is 42.8 Å². The van der Waals surface area contributed by atoms with Crippen LogP contribution in [0.1, 0.15) is 11.1 Å². The van der Waals surface area contributed by atoms with Crippen LogP contribution in [0, 0.1) is 20.4 Å². The number of hydrogen-bond acceptors (Lipinski definition) is 2. The molecule has 0 heterocycles. The maximum atomic E-state index is 10.5. The molecule has 0 amide bonds. The van der Waals surface area contributed by atoms with E-state index in [1.807, 2.05) is 0 Å². The van der Waals surface area contributed by atoms with E-state index in [9.17, 15) is 8.42 Å². The molecule has 14 heavy (non-hydrogen) atoms. The van der Waals surface area contributed by atoms with Crippen molar-refractivity contribution in [2.45, 2.75) is 12.7 Å². The van der Waals surface area contributed by atoms with Gasteiger partial charge in [-0.2, -0.15) is 29.8 Å². The van der Waals surface area contributed by atoms with Crippen LogP contribution in [0.2, 0.25) is 0 Å². The van der Waals surface area contributed by atoms with Crippen LogP contribution in [0.5, 0.6) is 0 Å². The van der Waals surface area contributed by atoms with E-state index in [0.717, 1.165) is 5.56 Å². The van der Waals surface area contributed by atoms with E-state index < -0.39 is 10.1 Å². The minimum Gasteiger partial charge on any atom is -0.358 e. The topological polar surface area (TPSA) is 54.4 Å². The molecule has 0 aliphatic rings. The van der Waals surface area contributed by atoms with Crippen LogP contribution in [-0.4, -0.2) is 13.0 Å². The second-order valence-electron chi connectivity index (χ2n) is 2.58. The second-order valence-corrected chi connectivity index (χ2v) is 4.03. The van der Waals surface area contributed by atoms with Crippen molar-refractivity contribution in [1.82, 2.24) is 0 Å². The van der Waals surface area contributed by atoms with Gasteiger partial charge in [0.2, 0.25) is 0 Å². The van der Waals surface area contributed by atoms with Crippen LogP contribution in [0.4, 0.5) is 0 Å². The van der Waals surface area contributed by atoms with Gasteiger partial charge in [0, 0.05) is 32.7 Å². The van der Waals surface area contributed by atoms with Crippen LogP contribution in [0.3, 0.4) is 0 Å². The zero-order valence-corrected chi connectivity index (χ0v) is 11.8. The van der Waals surface area contributed by atoms with E-state index in [-0.39, 0.29) is 45.9 Å². The molecule has 1 N–H and O–H groups in total. The molecule has 0 bridgehead atoms. The Hall–Kier alpha value is 0.234. The molecule has 3 nitrogen and oxygen atoms in total. The molecule has 77 valence electrons. The van der Waals surface area contributed by atoms with E-state index >= 15 is 0 Å². The Kier molecular flexibility index (Phi) is 7.93. The summed E-state index contributed by atoms with van der Waals surface area (Å²) in [5.74, 6) is -0.337. The molecule has 0 saturated heterocycles. The molecular weight excluding hydrogens is 277 g/mol. The Labute approximate surface area is 111 Å². The van der Waals surface area contributed by atoms with Gasteiger partial charge in [-0.3, -0.25) is 4.55 Å². The summed E-state index contributed by atoms with van der Waals surface area (Å²) < 4.78 is 29.5. The molecule has 5 heteroatoms. The van der Waals surface area contributed by atoms with Crippen LogP contribution >= 0.6 is 0 Å². The Balaban J connectivity index is 0. The number of rotatable bonds is 2.